The van der Waals surface area contributed by atoms with Crippen molar-refractivity contribution in [3.63, 3.8) is 0 Å². The SMILES string of the molecule is C[C@@H]1CCCCN1Cc1c(C(=O)N/N=C/c2ccc(F)c(Br)c2)nnn1-c1nonc1N. The van der Waals surface area contributed by atoms with Crippen LogP contribution in [0.3, 0.4) is 0 Å². The summed E-state index contributed by atoms with van der Waals surface area (Å²) in [5.74, 6) is -0.741. The van der Waals surface area contributed by atoms with Crippen LogP contribution in [0.4, 0.5) is 10.2 Å². The number of carbonyl (C=O) groups excluding carboxylic acids is 1. The van der Waals surface area contributed by atoms with Crippen molar-refractivity contribution < 1.29 is 13.8 Å². The van der Waals surface area contributed by atoms with Gasteiger partial charge in [-0.15, -0.1) is 5.10 Å². The summed E-state index contributed by atoms with van der Waals surface area (Å²) in [4.78, 5) is 15.1. The number of hydrogen-bond donors (Lipinski definition) is 2. The lowest BCUT2D eigenvalue weighted by atomic mass is 10.0. The molecule has 0 unspecified atom stereocenters. The monoisotopic (exact) mass is 505 g/mol. The number of aromatic nitrogens is 5. The van der Waals surface area contributed by atoms with Crippen LogP contribution in [-0.2, 0) is 6.54 Å². The highest BCUT2D eigenvalue weighted by atomic mass is 79.9. The van der Waals surface area contributed by atoms with Crippen molar-refractivity contribution in [1.29, 1.82) is 0 Å². The summed E-state index contributed by atoms with van der Waals surface area (Å²) < 4.78 is 19.7. The van der Waals surface area contributed by atoms with Gasteiger partial charge < -0.3 is 5.73 Å². The molecular weight excluding hydrogens is 485 g/mol. The molecule has 0 radical (unpaired) electrons. The minimum atomic E-state index is -0.552. The largest absolute Gasteiger partial charge is 0.378 e. The van der Waals surface area contributed by atoms with E-state index in [0.29, 0.717) is 28.3 Å². The fourth-order valence-electron chi connectivity index (χ4n) is 3.52. The van der Waals surface area contributed by atoms with Crippen molar-refractivity contribution in [2.45, 2.75) is 38.8 Å². The third-order valence-corrected chi connectivity index (χ3v) is 5.90. The Bertz CT molecular complexity index is 1150. The maximum Gasteiger partial charge on any atom is 0.293 e. The van der Waals surface area contributed by atoms with Gasteiger partial charge in [-0.25, -0.2) is 14.4 Å². The molecule has 3 N–H and O–H groups in total. The quantitative estimate of drug-likeness (QED) is 0.383. The molecule has 168 valence electrons. The number of nitrogen functional groups attached to an aromatic ring is 1. The molecular formula is C19H21BrFN9O2. The number of halogens is 2. The molecule has 1 aliphatic rings. The van der Waals surface area contributed by atoms with Crippen molar-refractivity contribution in [3.8, 4) is 5.82 Å². The molecule has 0 aliphatic carbocycles. The van der Waals surface area contributed by atoms with Crippen molar-refractivity contribution in [2.24, 2.45) is 5.10 Å². The van der Waals surface area contributed by atoms with Crippen LogP contribution in [0.25, 0.3) is 5.82 Å². The molecule has 1 amide bonds. The molecule has 1 aliphatic heterocycles. The second-order valence-electron chi connectivity index (χ2n) is 7.46. The van der Waals surface area contributed by atoms with E-state index in [0.717, 1.165) is 25.8 Å². The first-order valence-electron chi connectivity index (χ1n) is 9.99. The predicted molar refractivity (Wildman–Crippen MR) is 117 cm³/mol. The minimum Gasteiger partial charge on any atom is -0.378 e. The normalized spacial score (nSPS) is 17.2. The first-order chi connectivity index (χ1) is 15.4. The van der Waals surface area contributed by atoms with Gasteiger partial charge in [-0.1, -0.05) is 17.7 Å². The lowest BCUT2D eigenvalue weighted by molar-refractivity contribution is 0.0945. The molecule has 0 saturated carbocycles. The molecule has 1 fully saturated rings. The number of hydrogen-bond acceptors (Lipinski definition) is 9. The Morgan fingerprint density at radius 2 is 2.28 bits per heavy atom. The van der Waals surface area contributed by atoms with Gasteiger partial charge in [-0.3, -0.25) is 9.69 Å². The molecule has 3 heterocycles. The topological polar surface area (TPSA) is 140 Å². The lowest BCUT2D eigenvalue weighted by Gasteiger charge is -2.33. The number of benzene rings is 1. The van der Waals surface area contributed by atoms with Crippen LogP contribution in [0.2, 0.25) is 0 Å². The molecule has 1 saturated heterocycles. The number of carbonyl (C=O) groups is 1. The van der Waals surface area contributed by atoms with E-state index in [1.54, 1.807) is 6.07 Å². The van der Waals surface area contributed by atoms with Gasteiger partial charge in [-0.05, 0) is 70.2 Å². The maximum atomic E-state index is 13.4. The van der Waals surface area contributed by atoms with Gasteiger partial charge >= 0.3 is 0 Å². The average Bonchev–Trinajstić information content (AvgIpc) is 3.38. The molecule has 0 spiro atoms. The number of piperidine rings is 1. The van der Waals surface area contributed by atoms with E-state index in [9.17, 15) is 9.18 Å². The first kappa shape index (κ1) is 22.0. The van der Waals surface area contributed by atoms with E-state index in [-0.39, 0.29) is 23.1 Å². The second-order valence-corrected chi connectivity index (χ2v) is 8.31. The first-order valence-corrected chi connectivity index (χ1v) is 10.8. The van der Waals surface area contributed by atoms with Gasteiger partial charge in [0.25, 0.3) is 5.91 Å². The molecule has 2 aromatic heterocycles. The van der Waals surface area contributed by atoms with E-state index >= 15 is 0 Å². The van der Waals surface area contributed by atoms with Crippen LogP contribution in [0.5, 0.6) is 0 Å². The molecule has 1 atom stereocenters. The summed E-state index contributed by atoms with van der Waals surface area (Å²) in [5.41, 5.74) is 9.46. The van der Waals surface area contributed by atoms with Crippen LogP contribution >= 0.6 is 15.9 Å². The van der Waals surface area contributed by atoms with Crippen LogP contribution in [0.1, 0.15) is 47.9 Å². The van der Waals surface area contributed by atoms with Gasteiger partial charge in [0, 0.05) is 12.6 Å². The van der Waals surface area contributed by atoms with Gasteiger partial charge in [-0.2, -0.15) is 9.78 Å². The highest BCUT2D eigenvalue weighted by Crippen LogP contribution is 2.23. The zero-order valence-electron chi connectivity index (χ0n) is 17.2. The van der Waals surface area contributed by atoms with E-state index in [1.807, 2.05) is 0 Å². The van der Waals surface area contributed by atoms with Crippen LogP contribution in [0, 0.1) is 5.82 Å². The Morgan fingerprint density at radius 3 is 3.00 bits per heavy atom. The van der Waals surface area contributed by atoms with Crippen LogP contribution in [-0.4, -0.2) is 54.9 Å². The van der Waals surface area contributed by atoms with Crippen molar-refractivity contribution in [1.82, 2.24) is 35.6 Å². The van der Waals surface area contributed by atoms with E-state index in [1.165, 1.54) is 23.0 Å². The van der Waals surface area contributed by atoms with E-state index in [2.05, 4.69) is 63.5 Å². The number of rotatable bonds is 6. The summed E-state index contributed by atoms with van der Waals surface area (Å²) in [6.07, 6.45) is 4.70. The summed E-state index contributed by atoms with van der Waals surface area (Å²) in [6.45, 7) is 3.44. The minimum absolute atomic E-state index is 0.0368. The molecule has 4 rings (SSSR count). The number of amides is 1. The van der Waals surface area contributed by atoms with Crippen molar-refractivity contribution in [3.05, 3.63) is 45.4 Å². The molecule has 13 heteroatoms. The smallest absolute Gasteiger partial charge is 0.293 e. The number of hydrazone groups is 1. The zero-order chi connectivity index (χ0) is 22.7. The Balaban J connectivity index is 1.58. The number of nitrogens with zero attached hydrogens (tertiary/aromatic N) is 7. The van der Waals surface area contributed by atoms with Crippen molar-refractivity contribution >= 4 is 33.9 Å². The predicted octanol–water partition coefficient (Wildman–Crippen LogP) is 2.27. The van der Waals surface area contributed by atoms with E-state index in [4.69, 9.17) is 5.73 Å². The van der Waals surface area contributed by atoms with Gasteiger partial charge in [0.2, 0.25) is 11.6 Å². The number of likely N-dealkylation sites (tertiary alicyclic amines) is 1. The van der Waals surface area contributed by atoms with E-state index < -0.39 is 5.91 Å². The number of nitrogens with one attached hydrogen (secondary N) is 1. The van der Waals surface area contributed by atoms with Crippen molar-refractivity contribution in [2.75, 3.05) is 12.3 Å². The summed E-state index contributed by atoms with van der Waals surface area (Å²) in [5, 5.41) is 19.4. The van der Waals surface area contributed by atoms with Crippen LogP contribution < -0.4 is 11.2 Å². The highest BCUT2D eigenvalue weighted by molar-refractivity contribution is 9.10. The molecule has 3 aromatic rings. The summed E-state index contributed by atoms with van der Waals surface area (Å²) in [6, 6.07) is 4.72. The Kier molecular flexibility index (Phi) is 6.55. The summed E-state index contributed by atoms with van der Waals surface area (Å²) in [7, 11) is 0. The number of nitrogens with two attached hydrogens (primary N) is 1. The molecule has 1 aromatic carbocycles. The Hall–Kier alpha value is -3.19. The lowest BCUT2D eigenvalue weighted by Crippen LogP contribution is -2.38. The molecule has 32 heavy (non-hydrogen) atoms. The molecule has 0 bridgehead atoms. The van der Waals surface area contributed by atoms with Crippen LogP contribution in [0.15, 0.2) is 32.4 Å². The third-order valence-electron chi connectivity index (χ3n) is 5.29. The Labute approximate surface area is 190 Å². The third kappa shape index (κ3) is 4.67. The zero-order valence-corrected chi connectivity index (χ0v) is 18.8. The Morgan fingerprint density at radius 1 is 1.44 bits per heavy atom. The summed E-state index contributed by atoms with van der Waals surface area (Å²) >= 11 is 3.11. The van der Waals surface area contributed by atoms with Gasteiger partial charge in [0.15, 0.2) is 5.69 Å². The fraction of sp³-hybridized carbons (Fsp3) is 0.368. The van der Waals surface area contributed by atoms with Gasteiger partial charge in [0.05, 0.1) is 16.4 Å². The maximum absolute atomic E-state index is 13.4. The van der Waals surface area contributed by atoms with Gasteiger partial charge in [0.1, 0.15) is 5.82 Å². The average molecular weight is 506 g/mol. The highest BCUT2D eigenvalue weighted by Gasteiger charge is 2.28. The fourth-order valence-corrected chi connectivity index (χ4v) is 3.92. The second kappa shape index (κ2) is 9.53. The standard InChI is InChI=1S/C19H21BrFN9O2/c1-11-4-2-3-7-29(11)10-15-16(24-28-30(15)18-17(22)26-32-27-18)19(31)25-23-9-12-5-6-14(21)13(20)8-12/h5-6,8-9,11H,2-4,7,10H2,1H3,(H2,22,26)(H,25,31)/b23-9+/t11-/m1/s1. The molecule has 11 nitrogen and oxygen atoms in total. The number of anilines is 1.